The zero-order chi connectivity index (χ0) is 13.4. The molecule has 0 bridgehead atoms. The third kappa shape index (κ3) is 5.59. The zero-order valence-corrected chi connectivity index (χ0v) is 11.9. The van der Waals surface area contributed by atoms with Gasteiger partial charge in [-0.3, -0.25) is 0 Å². The van der Waals surface area contributed by atoms with Crippen molar-refractivity contribution in [3.8, 4) is 0 Å². The third-order valence-electron chi connectivity index (χ3n) is 2.76. The molecule has 1 aliphatic rings. The van der Waals surface area contributed by atoms with E-state index in [1.807, 2.05) is 7.05 Å². The fourth-order valence-electron chi connectivity index (χ4n) is 1.61. The van der Waals surface area contributed by atoms with Gasteiger partial charge in [0.2, 0.25) is 0 Å². The number of rotatable bonds is 8. The Morgan fingerprint density at radius 2 is 1.78 bits per heavy atom. The van der Waals surface area contributed by atoms with Gasteiger partial charge in [0.05, 0.1) is 19.8 Å². The van der Waals surface area contributed by atoms with Crippen molar-refractivity contribution in [2.24, 2.45) is 0 Å². The van der Waals surface area contributed by atoms with Gasteiger partial charge in [-0.15, -0.1) is 0 Å². The second kappa shape index (κ2) is 8.03. The molecule has 8 heteroatoms. The van der Waals surface area contributed by atoms with Crippen molar-refractivity contribution in [2.45, 2.75) is 0 Å². The normalized spacial score (nSPS) is 19.2. The fourth-order valence-corrected chi connectivity index (χ4v) is 2.77. The Morgan fingerprint density at radius 1 is 1.11 bits per heavy atom. The van der Waals surface area contributed by atoms with Crippen LogP contribution in [0.5, 0.6) is 0 Å². The second-order valence-corrected chi connectivity index (χ2v) is 5.96. The number of hydrogen-bond acceptors (Lipinski definition) is 5. The van der Waals surface area contributed by atoms with Crippen LogP contribution in [-0.2, 0) is 19.7 Å². The van der Waals surface area contributed by atoms with E-state index < -0.39 is 10.2 Å². The summed E-state index contributed by atoms with van der Waals surface area (Å²) in [7, 11) is 0.230. The highest BCUT2D eigenvalue weighted by atomic mass is 32.2. The van der Waals surface area contributed by atoms with Crippen LogP contribution in [0.25, 0.3) is 0 Å². The molecule has 18 heavy (non-hydrogen) atoms. The third-order valence-corrected chi connectivity index (χ3v) is 4.38. The molecule has 0 aromatic carbocycles. The van der Waals surface area contributed by atoms with E-state index in [2.05, 4.69) is 9.62 Å². The Labute approximate surface area is 109 Å². The molecule has 0 atom stereocenters. The van der Waals surface area contributed by atoms with E-state index in [-0.39, 0.29) is 0 Å². The van der Waals surface area contributed by atoms with Crippen LogP contribution in [0, 0.1) is 0 Å². The number of nitrogens with one attached hydrogen (secondary N) is 1. The summed E-state index contributed by atoms with van der Waals surface area (Å²) in [5, 5.41) is 0. The Morgan fingerprint density at radius 3 is 2.39 bits per heavy atom. The standard InChI is InChI=1S/C10H23N3O4S/c1-12-4-6-13(7-5-12)18(14,15)11-3-8-17-10-9-16-2/h11H,3-10H2,1-2H3. The summed E-state index contributed by atoms with van der Waals surface area (Å²) in [6.45, 7) is 4.26. The largest absolute Gasteiger partial charge is 0.382 e. The highest BCUT2D eigenvalue weighted by molar-refractivity contribution is 7.87. The van der Waals surface area contributed by atoms with Gasteiger partial charge < -0.3 is 14.4 Å². The van der Waals surface area contributed by atoms with Gasteiger partial charge >= 0.3 is 0 Å². The van der Waals surface area contributed by atoms with Crippen molar-refractivity contribution < 1.29 is 17.9 Å². The number of piperazine rings is 1. The van der Waals surface area contributed by atoms with Crippen molar-refractivity contribution in [2.75, 3.05) is 66.7 Å². The lowest BCUT2D eigenvalue weighted by Crippen LogP contribution is -2.51. The van der Waals surface area contributed by atoms with E-state index in [0.717, 1.165) is 13.1 Å². The quantitative estimate of drug-likeness (QED) is 0.562. The van der Waals surface area contributed by atoms with E-state index in [1.165, 1.54) is 4.31 Å². The minimum atomic E-state index is -3.35. The summed E-state index contributed by atoms with van der Waals surface area (Å²) in [5.74, 6) is 0. The van der Waals surface area contributed by atoms with Gasteiger partial charge in [0.1, 0.15) is 0 Å². The van der Waals surface area contributed by atoms with Crippen LogP contribution < -0.4 is 4.72 Å². The topological polar surface area (TPSA) is 71.1 Å². The molecule has 0 aliphatic carbocycles. The van der Waals surface area contributed by atoms with Crippen LogP contribution in [0.15, 0.2) is 0 Å². The van der Waals surface area contributed by atoms with E-state index >= 15 is 0 Å². The molecule has 1 N–H and O–H groups in total. The molecule has 7 nitrogen and oxygen atoms in total. The zero-order valence-electron chi connectivity index (χ0n) is 11.1. The molecule has 0 radical (unpaired) electrons. The highest BCUT2D eigenvalue weighted by Crippen LogP contribution is 2.03. The van der Waals surface area contributed by atoms with Crippen molar-refractivity contribution in [1.29, 1.82) is 0 Å². The molecule has 0 saturated carbocycles. The van der Waals surface area contributed by atoms with Gasteiger partial charge in [-0.05, 0) is 7.05 Å². The molecule has 0 aromatic heterocycles. The first-order chi connectivity index (χ1) is 8.56. The molecule has 0 aromatic rings. The number of hydrogen-bond donors (Lipinski definition) is 1. The molecular formula is C10H23N3O4S. The lowest BCUT2D eigenvalue weighted by molar-refractivity contribution is 0.0734. The number of ether oxygens (including phenoxy) is 2. The maximum absolute atomic E-state index is 11.9. The minimum Gasteiger partial charge on any atom is -0.382 e. The second-order valence-electron chi connectivity index (χ2n) is 4.21. The van der Waals surface area contributed by atoms with Gasteiger partial charge in [0.25, 0.3) is 10.2 Å². The number of nitrogens with zero attached hydrogens (tertiary/aromatic N) is 2. The van der Waals surface area contributed by atoms with Crippen LogP contribution in [0.2, 0.25) is 0 Å². The Balaban J connectivity index is 2.19. The van der Waals surface area contributed by atoms with E-state index in [4.69, 9.17) is 9.47 Å². The fraction of sp³-hybridized carbons (Fsp3) is 1.00. The molecule has 0 unspecified atom stereocenters. The van der Waals surface area contributed by atoms with Crippen molar-refractivity contribution in [3.05, 3.63) is 0 Å². The average molecular weight is 281 g/mol. The number of methoxy groups -OCH3 is 1. The summed E-state index contributed by atoms with van der Waals surface area (Å²) < 4.78 is 37.8. The van der Waals surface area contributed by atoms with Gasteiger partial charge in [0.15, 0.2) is 0 Å². The first kappa shape index (κ1) is 15.8. The Hall–Kier alpha value is -0.250. The molecule has 1 aliphatic heterocycles. The predicted molar refractivity (Wildman–Crippen MR) is 68.7 cm³/mol. The smallest absolute Gasteiger partial charge is 0.279 e. The van der Waals surface area contributed by atoms with Gasteiger partial charge in [0, 0.05) is 39.8 Å². The van der Waals surface area contributed by atoms with Gasteiger partial charge in [-0.2, -0.15) is 17.4 Å². The van der Waals surface area contributed by atoms with Crippen LogP contribution in [0.1, 0.15) is 0 Å². The summed E-state index contributed by atoms with van der Waals surface area (Å²) in [6.07, 6.45) is 0. The van der Waals surface area contributed by atoms with Crippen molar-refractivity contribution >= 4 is 10.2 Å². The summed E-state index contributed by atoms with van der Waals surface area (Å²) in [6, 6.07) is 0. The molecule has 1 rings (SSSR count). The summed E-state index contributed by atoms with van der Waals surface area (Å²) in [5.41, 5.74) is 0. The van der Waals surface area contributed by atoms with E-state index in [9.17, 15) is 8.42 Å². The Bertz CT molecular complexity index is 315. The monoisotopic (exact) mass is 281 g/mol. The van der Waals surface area contributed by atoms with Crippen LogP contribution in [0.4, 0.5) is 0 Å². The maximum atomic E-state index is 11.9. The van der Waals surface area contributed by atoms with Crippen molar-refractivity contribution in [3.63, 3.8) is 0 Å². The van der Waals surface area contributed by atoms with E-state index in [1.54, 1.807) is 7.11 Å². The van der Waals surface area contributed by atoms with Crippen LogP contribution in [-0.4, -0.2) is 84.3 Å². The van der Waals surface area contributed by atoms with Gasteiger partial charge in [-0.1, -0.05) is 0 Å². The van der Waals surface area contributed by atoms with Crippen LogP contribution >= 0.6 is 0 Å². The lowest BCUT2D eigenvalue weighted by Gasteiger charge is -2.31. The minimum absolute atomic E-state index is 0.290. The van der Waals surface area contributed by atoms with Crippen LogP contribution in [0.3, 0.4) is 0 Å². The summed E-state index contributed by atoms with van der Waals surface area (Å²) in [4.78, 5) is 2.11. The van der Waals surface area contributed by atoms with Crippen molar-refractivity contribution in [1.82, 2.24) is 13.9 Å². The first-order valence-corrected chi connectivity index (χ1v) is 7.50. The first-order valence-electron chi connectivity index (χ1n) is 6.06. The molecule has 1 fully saturated rings. The molecule has 1 saturated heterocycles. The Kier molecular flexibility index (Phi) is 7.05. The average Bonchev–Trinajstić information content (AvgIpc) is 2.34. The summed E-state index contributed by atoms with van der Waals surface area (Å²) >= 11 is 0. The predicted octanol–water partition coefficient (Wildman–Crippen LogP) is -1.27. The highest BCUT2D eigenvalue weighted by Gasteiger charge is 2.24. The molecular weight excluding hydrogens is 258 g/mol. The molecule has 108 valence electrons. The maximum Gasteiger partial charge on any atom is 0.279 e. The van der Waals surface area contributed by atoms with Gasteiger partial charge in [-0.25, -0.2) is 0 Å². The number of likely N-dealkylation sites (N-methyl/N-ethyl adjacent to an activating group) is 1. The molecule has 1 heterocycles. The lowest BCUT2D eigenvalue weighted by atomic mass is 10.4. The molecule has 0 spiro atoms. The SMILES string of the molecule is COCCOCCNS(=O)(=O)N1CCN(C)CC1. The van der Waals surface area contributed by atoms with E-state index in [0.29, 0.717) is 39.5 Å². The molecule has 0 amide bonds.